The quantitative estimate of drug-likeness (QED) is 0.558. The maximum atomic E-state index is 9.79. The van der Waals surface area contributed by atoms with Crippen molar-refractivity contribution < 1.29 is 10.2 Å². The number of rotatable bonds is 3. The van der Waals surface area contributed by atoms with E-state index in [-0.39, 0.29) is 11.5 Å². The van der Waals surface area contributed by atoms with E-state index in [1.54, 1.807) is 6.07 Å². The van der Waals surface area contributed by atoms with Crippen molar-refractivity contribution >= 4 is 10.9 Å². The molecule has 0 aliphatic heterocycles. The molecule has 0 atom stereocenters. The Morgan fingerprint density at radius 1 is 0.792 bits per heavy atom. The first kappa shape index (κ1) is 14.3. The molecule has 24 heavy (non-hydrogen) atoms. The molecule has 0 aliphatic rings. The maximum Gasteiger partial charge on any atom is 0.158 e. The molecular weight excluding hydrogens is 300 g/mol. The van der Waals surface area contributed by atoms with Gasteiger partial charge in [0.15, 0.2) is 11.5 Å². The fourth-order valence-electron chi connectivity index (χ4n) is 2.89. The number of fused-ring (bicyclic) bond motifs is 1. The average Bonchev–Trinajstić information content (AvgIpc) is 2.97. The summed E-state index contributed by atoms with van der Waals surface area (Å²) in [6.07, 6.45) is 0. The van der Waals surface area contributed by atoms with Gasteiger partial charge in [-0.3, -0.25) is 4.68 Å². The number of phenols is 2. The monoisotopic (exact) mass is 316 g/mol. The van der Waals surface area contributed by atoms with Crippen molar-refractivity contribution in [3.63, 3.8) is 0 Å². The van der Waals surface area contributed by atoms with E-state index in [1.807, 2.05) is 47.1 Å². The van der Waals surface area contributed by atoms with Gasteiger partial charge in [0.05, 0.1) is 12.1 Å². The van der Waals surface area contributed by atoms with Gasteiger partial charge in [-0.2, -0.15) is 5.10 Å². The smallest absolute Gasteiger partial charge is 0.158 e. The standard InChI is InChI=1S/C20H16N2O2/c23-18-11-10-15(12-19(18)24)20-16-8-4-5-9-17(16)22(21-20)13-14-6-2-1-3-7-14/h1-12,23-24H,13H2. The molecule has 1 heterocycles. The number of para-hydroxylation sites is 1. The first-order valence-electron chi connectivity index (χ1n) is 7.74. The number of aromatic nitrogens is 2. The Bertz CT molecular complexity index is 1010. The van der Waals surface area contributed by atoms with Crippen molar-refractivity contribution in [2.75, 3.05) is 0 Å². The van der Waals surface area contributed by atoms with Crippen LogP contribution in [0.4, 0.5) is 0 Å². The molecule has 4 rings (SSSR count). The Labute approximate surface area is 139 Å². The lowest BCUT2D eigenvalue weighted by Gasteiger charge is -2.03. The second-order valence-electron chi connectivity index (χ2n) is 5.71. The molecule has 0 aliphatic carbocycles. The first-order chi connectivity index (χ1) is 11.7. The summed E-state index contributed by atoms with van der Waals surface area (Å²) in [5, 5.41) is 25.1. The van der Waals surface area contributed by atoms with Gasteiger partial charge in [-0.1, -0.05) is 48.5 Å². The van der Waals surface area contributed by atoms with Crippen molar-refractivity contribution in [2.45, 2.75) is 6.54 Å². The molecule has 0 amide bonds. The number of nitrogens with zero attached hydrogens (tertiary/aromatic N) is 2. The molecule has 0 saturated heterocycles. The number of aromatic hydroxyl groups is 2. The van der Waals surface area contributed by atoms with Gasteiger partial charge in [0.2, 0.25) is 0 Å². The Morgan fingerprint density at radius 2 is 1.54 bits per heavy atom. The molecule has 0 bridgehead atoms. The minimum Gasteiger partial charge on any atom is -0.504 e. The van der Waals surface area contributed by atoms with Gasteiger partial charge >= 0.3 is 0 Å². The predicted octanol–water partition coefficient (Wildman–Crippen LogP) is 4.16. The fraction of sp³-hybridized carbons (Fsp3) is 0.0500. The van der Waals surface area contributed by atoms with Crippen LogP contribution in [0, 0.1) is 0 Å². The molecular formula is C20H16N2O2. The van der Waals surface area contributed by atoms with Crippen molar-refractivity contribution in [1.29, 1.82) is 0 Å². The number of phenolic OH excluding ortho intramolecular Hbond substituents is 2. The summed E-state index contributed by atoms with van der Waals surface area (Å²) in [6.45, 7) is 0.672. The third-order valence-corrected chi connectivity index (χ3v) is 4.08. The first-order valence-corrected chi connectivity index (χ1v) is 7.74. The van der Waals surface area contributed by atoms with E-state index in [4.69, 9.17) is 5.10 Å². The van der Waals surface area contributed by atoms with Gasteiger partial charge in [0.25, 0.3) is 0 Å². The molecule has 1 aromatic heterocycles. The Hall–Kier alpha value is -3.27. The number of hydrogen-bond donors (Lipinski definition) is 2. The van der Waals surface area contributed by atoms with Crippen LogP contribution < -0.4 is 0 Å². The summed E-state index contributed by atoms with van der Waals surface area (Å²) < 4.78 is 1.96. The highest BCUT2D eigenvalue weighted by atomic mass is 16.3. The lowest BCUT2D eigenvalue weighted by molar-refractivity contribution is 0.404. The molecule has 3 aromatic carbocycles. The Kier molecular flexibility index (Phi) is 3.43. The molecule has 118 valence electrons. The average molecular weight is 316 g/mol. The molecule has 0 radical (unpaired) electrons. The number of hydrogen-bond acceptors (Lipinski definition) is 3. The van der Waals surface area contributed by atoms with E-state index in [9.17, 15) is 10.2 Å². The Balaban J connectivity index is 1.86. The summed E-state index contributed by atoms with van der Waals surface area (Å²) >= 11 is 0. The molecule has 2 N–H and O–H groups in total. The van der Waals surface area contributed by atoms with Gasteiger partial charge in [0, 0.05) is 10.9 Å². The highest BCUT2D eigenvalue weighted by molar-refractivity contribution is 5.93. The SMILES string of the molecule is Oc1ccc(-c2nn(Cc3ccccc3)c3ccccc23)cc1O. The summed E-state index contributed by atoms with van der Waals surface area (Å²) in [5.74, 6) is -0.277. The van der Waals surface area contributed by atoms with E-state index >= 15 is 0 Å². The number of benzene rings is 3. The topological polar surface area (TPSA) is 58.3 Å². The van der Waals surface area contributed by atoms with E-state index in [2.05, 4.69) is 12.1 Å². The summed E-state index contributed by atoms with van der Waals surface area (Å²) in [4.78, 5) is 0. The maximum absolute atomic E-state index is 9.79. The molecule has 0 unspecified atom stereocenters. The van der Waals surface area contributed by atoms with Crippen LogP contribution in [0.5, 0.6) is 11.5 Å². The second-order valence-corrected chi connectivity index (χ2v) is 5.71. The van der Waals surface area contributed by atoms with Crippen LogP contribution in [0.15, 0.2) is 72.8 Å². The zero-order valence-electron chi connectivity index (χ0n) is 12.9. The van der Waals surface area contributed by atoms with Crippen molar-refractivity contribution in [3.05, 3.63) is 78.4 Å². The zero-order valence-corrected chi connectivity index (χ0v) is 12.9. The normalized spacial score (nSPS) is 11.0. The summed E-state index contributed by atoms with van der Waals surface area (Å²) in [7, 11) is 0. The second kappa shape index (κ2) is 5.74. The fourth-order valence-corrected chi connectivity index (χ4v) is 2.89. The van der Waals surface area contributed by atoms with E-state index in [1.165, 1.54) is 17.7 Å². The zero-order chi connectivity index (χ0) is 16.5. The van der Waals surface area contributed by atoms with E-state index < -0.39 is 0 Å². The van der Waals surface area contributed by atoms with Crippen LogP contribution in [0.25, 0.3) is 22.2 Å². The largest absolute Gasteiger partial charge is 0.504 e. The molecule has 4 nitrogen and oxygen atoms in total. The van der Waals surface area contributed by atoms with Crippen LogP contribution in [-0.4, -0.2) is 20.0 Å². The van der Waals surface area contributed by atoms with Crippen molar-refractivity contribution in [3.8, 4) is 22.8 Å². The Morgan fingerprint density at radius 3 is 2.33 bits per heavy atom. The van der Waals surface area contributed by atoms with Crippen LogP contribution in [0.1, 0.15) is 5.56 Å². The lowest BCUT2D eigenvalue weighted by atomic mass is 10.1. The highest BCUT2D eigenvalue weighted by Gasteiger charge is 2.13. The lowest BCUT2D eigenvalue weighted by Crippen LogP contribution is -2.01. The van der Waals surface area contributed by atoms with Crippen LogP contribution in [0.2, 0.25) is 0 Å². The van der Waals surface area contributed by atoms with Gasteiger partial charge in [0.1, 0.15) is 5.69 Å². The summed E-state index contributed by atoms with van der Waals surface area (Å²) in [5.41, 5.74) is 3.76. The molecule has 0 saturated carbocycles. The van der Waals surface area contributed by atoms with Crippen molar-refractivity contribution in [2.24, 2.45) is 0 Å². The minimum absolute atomic E-state index is 0.133. The van der Waals surface area contributed by atoms with E-state index in [0.29, 0.717) is 6.54 Å². The highest BCUT2D eigenvalue weighted by Crippen LogP contribution is 2.33. The van der Waals surface area contributed by atoms with Crippen LogP contribution >= 0.6 is 0 Å². The van der Waals surface area contributed by atoms with Crippen molar-refractivity contribution in [1.82, 2.24) is 9.78 Å². The van der Waals surface area contributed by atoms with Gasteiger partial charge in [-0.25, -0.2) is 0 Å². The molecule has 0 spiro atoms. The van der Waals surface area contributed by atoms with Crippen LogP contribution in [0.3, 0.4) is 0 Å². The minimum atomic E-state index is -0.144. The van der Waals surface area contributed by atoms with Crippen LogP contribution in [-0.2, 0) is 6.54 Å². The summed E-state index contributed by atoms with van der Waals surface area (Å²) in [6, 6.07) is 23.0. The van der Waals surface area contributed by atoms with Gasteiger partial charge in [-0.05, 0) is 29.8 Å². The third-order valence-electron chi connectivity index (χ3n) is 4.08. The van der Waals surface area contributed by atoms with Gasteiger partial charge < -0.3 is 10.2 Å². The molecule has 4 aromatic rings. The van der Waals surface area contributed by atoms with E-state index in [0.717, 1.165) is 22.2 Å². The molecule has 0 fully saturated rings. The predicted molar refractivity (Wildman–Crippen MR) is 94.0 cm³/mol. The third kappa shape index (κ3) is 2.48. The van der Waals surface area contributed by atoms with Gasteiger partial charge in [-0.15, -0.1) is 0 Å². The molecule has 4 heteroatoms.